The molecule has 1 aliphatic heterocycles. The summed E-state index contributed by atoms with van der Waals surface area (Å²) < 4.78 is 0. The molecule has 4 nitrogen and oxygen atoms in total. The maximum atomic E-state index is 12.4. The van der Waals surface area contributed by atoms with Gasteiger partial charge in [0, 0.05) is 34.0 Å². The number of carboxylic acids is 1. The molecule has 2 N–H and O–H groups in total. The lowest BCUT2D eigenvalue weighted by atomic mass is 9.87. The van der Waals surface area contributed by atoms with Crippen molar-refractivity contribution in [1.82, 2.24) is 5.32 Å². The van der Waals surface area contributed by atoms with Gasteiger partial charge in [0.05, 0.1) is 0 Å². The molecule has 0 bridgehead atoms. The van der Waals surface area contributed by atoms with Crippen molar-refractivity contribution in [3.63, 3.8) is 0 Å². The minimum Gasteiger partial charge on any atom is -0.479 e. The van der Waals surface area contributed by atoms with Gasteiger partial charge in [0.15, 0.2) is 5.54 Å². The van der Waals surface area contributed by atoms with Crippen LogP contribution in [0.2, 0.25) is 5.02 Å². The standard InChI is InChI=1S/C16H20ClNO3S2/c1-2-16(15(20)21,11-3-5-12(17)6-4-11)18-14(19)9-13-10-22-7-8-23-13/h3-6,13H,2,7-10H2,1H3,(H,18,19)(H,20,21). The topological polar surface area (TPSA) is 66.4 Å². The van der Waals surface area contributed by atoms with E-state index in [1.807, 2.05) is 11.8 Å². The van der Waals surface area contributed by atoms with Gasteiger partial charge in [-0.25, -0.2) is 4.79 Å². The second-order valence-corrected chi connectivity index (χ2v) is 8.39. The average molecular weight is 374 g/mol. The van der Waals surface area contributed by atoms with E-state index >= 15 is 0 Å². The Morgan fingerprint density at radius 2 is 2.04 bits per heavy atom. The first-order valence-corrected chi connectivity index (χ1v) is 10.1. The summed E-state index contributed by atoms with van der Waals surface area (Å²) in [7, 11) is 0. The van der Waals surface area contributed by atoms with Crippen LogP contribution in [-0.4, -0.2) is 39.5 Å². The highest BCUT2D eigenvalue weighted by atomic mass is 35.5. The molecular formula is C16H20ClNO3S2. The molecule has 0 aromatic heterocycles. The number of halogens is 1. The Hall–Kier alpha value is -0.850. The number of nitrogens with one attached hydrogen (secondary N) is 1. The summed E-state index contributed by atoms with van der Waals surface area (Å²) in [5.41, 5.74) is -0.871. The normalized spacial score (nSPS) is 20.5. The van der Waals surface area contributed by atoms with Gasteiger partial charge in [0.2, 0.25) is 5.91 Å². The number of hydrogen-bond acceptors (Lipinski definition) is 4. The van der Waals surface area contributed by atoms with Crippen molar-refractivity contribution in [3.05, 3.63) is 34.9 Å². The Labute approximate surface area is 149 Å². The van der Waals surface area contributed by atoms with Crippen molar-refractivity contribution in [1.29, 1.82) is 0 Å². The largest absolute Gasteiger partial charge is 0.479 e. The summed E-state index contributed by atoms with van der Waals surface area (Å²) in [5, 5.41) is 13.3. The second-order valence-electron chi connectivity index (χ2n) is 5.39. The molecule has 2 unspecified atom stereocenters. The number of rotatable bonds is 6. The van der Waals surface area contributed by atoms with Crippen LogP contribution in [0, 0.1) is 0 Å². The van der Waals surface area contributed by atoms with Gasteiger partial charge < -0.3 is 10.4 Å². The van der Waals surface area contributed by atoms with E-state index in [0.29, 0.717) is 17.0 Å². The molecule has 23 heavy (non-hydrogen) atoms. The van der Waals surface area contributed by atoms with Crippen LogP contribution >= 0.6 is 35.1 Å². The Kier molecular flexibility index (Phi) is 6.68. The summed E-state index contributed by atoms with van der Waals surface area (Å²) in [6.45, 7) is 1.76. The van der Waals surface area contributed by atoms with E-state index in [9.17, 15) is 14.7 Å². The van der Waals surface area contributed by atoms with E-state index in [1.54, 1.807) is 43.0 Å². The Balaban J connectivity index is 2.16. The lowest BCUT2D eigenvalue weighted by Gasteiger charge is -2.31. The zero-order valence-corrected chi connectivity index (χ0v) is 15.3. The smallest absolute Gasteiger partial charge is 0.334 e. The van der Waals surface area contributed by atoms with E-state index in [2.05, 4.69) is 5.32 Å². The van der Waals surface area contributed by atoms with Crippen LogP contribution < -0.4 is 5.32 Å². The van der Waals surface area contributed by atoms with Crippen molar-refractivity contribution in [3.8, 4) is 0 Å². The molecule has 2 atom stereocenters. The second kappa shape index (κ2) is 8.31. The molecule has 0 radical (unpaired) electrons. The molecule has 126 valence electrons. The zero-order valence-electron chi connectivity index (χ0n) is 12.9. The number of carbonyl (C=O) groups excluding carboxylic acids is 1. The van der Waals surface area contributed by atoms with Crippen LogP contribution in [0.1, 0.15) is 25.3 Å². The summed E-state index contributed by atoms with van der Waals surface area (Å²) in [6.07, 6.45) is 0.614. The lowest BCUT2D eigenvalue weighted by molar-refractivity contribution is -0.148. The zero-order chi connectivity index (χ0) is 16.9. The van der Waals surface area contributed by atoms with Gasteiger partial charge in [-0.15, -0.1) is 0 Å². The predicted octanol–water partition coefficient (Wildman–Crippen LogP) is 3.38. The SMILES string of the molecule is CCC(NC(=O)CC1CSCCS1)(C(=O)O)c1ccc(Cl)cc1. The molecule has 0 saturated carbocycles. The first kappa shape index (κ1) is 18.5. The van der Waals surface area contributed by atoms with Gasteiger partial charge in [0.25, 0.3) is 0 Å². The lowest BCUT2D eigenvalue weighted by Crippen LogP contribution is -2.52. The summed E-state index contributed by atoms with van der Waals surface area (Å²) in [4.78, 5) is 24.3. The van der Waals surface area contributed by atoms with Gasteiger partial charge in [-0.2, -0.15) is 23.5 Å². The highest BCUT2D eigenvalue weighted by Gasteiger charge is 2.40. The van der Waals surface area contributed by atoms with E-state index in [4.69, 9.17) is 11.6 Å². The molecule has 1 aliphatic rings. The molecule has 1 heterocycles. The number of carboxylic acid groups (broad SMARTS) is 1. The third-order valence-corrected chi connectivity index (χ3v) is 6.98. The van der Waals surface area contributed by atoms with Crippen molar-refractivity contribution >= 4 is 47.0 Å². The van der Waals surface area contributed by atoms with Gasteiger partial charge >= 0.3 is 5.97 Å². The van der Waals surface area contributed by atoms with Crippen LogP contribution in [0.5, 0.6) is 0 Å². The average Bonchev–Trinajstić information content (AvgIpc) is 2.54. The third-order valence-electron chi connectivity index (χ3n) is 3.88. The van der Waals surface area contributed by atoms with Crippen molar-refractivity contribution in [2.45, 2.75) is 30.6 Å². The van der Waals surface area contributed by atoms with Crippen LogP contribution in [0.3, 0.4) is 0 Å². The van der Waals surface area contributed by atoms with E-state index in [-0.39, 0.29) is 17.6 Å². The molecular weight excluding hydrogens is 354 g/mol. The van der Waals surface area contributed by atoms with E-state index < -0.39 is 11.5 Å². The first-order valence-electron chi connectivity index (χ1n) is 7.47. The van der Waals surface area contributed by atoms with E-state index in [1.165, 1.54) is 0 Å². The molecule has 0 aliphatic carbocycles. The number of amides is 1. The molecule has 1 amide bonds. The van der Waals surface area contributed by atoms with E-state index in [0.717, 1.165) is 17.3 Å². The molecule has 1 saturated heterocycles. The quantitative estimate of drug-likeness (QED) is 0.800. The van der Waals surface area contributed by atoms with Gasteiger partial charge in [-0.1, -0.05) is 30.7 Å². The molecule has 1 aromatic carbocycles. The van der Waals surface area contributed by atoms with Crippen LogP contribution in [-0.2, 0) is 15.1 Å². The third kappa shape index (κ3) is 4.58. The van der Waals surface area contributed by atoms with Crippen LogP contribution in [0.4, 0.5) is 0 Å². The van der Waals surface area contributed by atoms with Crippen molar-refractivity contribution in [2.24, 2.45) is 0 Å². The van der Waals surface area contributed by atoms with Crippen molar-refractivity contribution in [2.75, 3.05) is 17.3 Å². The molecule has 2 rings (SSSR count). The number of carbonyl (C=O) groups is 2. The van der Waals surface area contributed by atoms with Crippen molar-refractivity contribution < 1.29 is 14.7 Å². The molecule has 7 heteroatoms. The Morgan fingerprint density at radius 3 is 2.57 bits per heavy atom. The van der Waals surface area contributed by atoms with Crippen LogP contribution in [0.15, 0.2) is 24.3 Å². The number of hydrogen-bond donors (Lipinski definition) is 2. The number of aliphatic carboxylic acids is 1. The molecule has 1 fully saturated rings. The Bertz CT molecular complexity index is 561. The number of thioether (sulfide) groups is 2. The first-order chi connectivity index (χ1) is 11.0. The van der Waals surface area contributed by atoms with Gasteiger partial charge in [-0.3, -0.25) is 4.79 Å². The molecule has 1 aromatic rings. The van der Waals surface area contributed by atoms with Crippen LogP contribution in [0.25, 0.3) is 0 Å². The monoisotopic (exact) mass is 373 g/mol. The maximum Gasteiger partial charge on any atom is 0.334 e. The highest BCUT2D eigenvalue weighted by molar-refractivity contribution is 8.06. The minimum absolute atomic E-state index is 0.218. The van der Waals surface area contributed by atoms with Gasteiger partial charge in [0.1, 0.15) is 0 Å². The maximum absolute atomic E-state index is 12.4. The fourth-order valence-electron chi connectivity index (χ4n) is 2.58. The summed E-state index contributed by atoms with van der Waals surface area (Å²) in [6, 6.07) is 6.60. The fraction of sp³-hybridized carbons (Fsp3) is 0.500. The summed E-state index contributed by atoms with van der Waals surface area (Å²) in [5.74, 6) is 1.82. The fourth-order valence-corrected chi connectivity index (χ4v) is 5.38. The molecule has 0 spiro atoms. The number of benzene rings is 1. The predicted molar refractivity (Wildman–Crippen MR) is 97.4 cm³/mol. The van der Waals surface area contributed by atoms with Gasteiger partial charge in [-0.05, 0) is 24.1 Å². The summed E-state index contributed by atoms with van der Waals surface area (Å²) >= 11 is 9.51. The Morgan fingerprint density at radius 1 is 1.35 bits per heavy atom. The highest BCUT2D eigenvalue weighted by Crippen LogP contribution is 2.29. The minimum atomic E-state index is -1.41.